The van der Waals surface area contributed by atoms with Crippen LogP contribution < -0.4 is 0 Å². The number of aliphatic hydroxyl groups is 1. The number of fused-ring (bicyclic) bond motifs is 3. The first-order valence-electron chi connectivity index (χ1n) is 7.89. The number of aromatic nitrogens is 1. The topological polar surface area (TPSA) is 76.6 Å². The molecular weight excluding hydrogens is 410 g/mol. The number of carbonyl (C=O) groups excluding carboxylic acids is 2. The second-order valence-electron chi connectivity index (χ2n) is 6.40. The summed E-state index contributed by atoms with van der Waals surface area (Å²) in [5, 5.41) is 11.2. The molecule has 1 aromatic heterocycles. The van der Waals surface area contributed by atoms with Gasteiger partial charge in [0.15, 0.2) is 9.74 Å². The van der Waals surface area contributed by atoms with Gasteiger partial charge in [-0.25, -0.2) is 0 Å². The van der Waals surface area contributed by atoms with Crippen molar-refractivity contribution in [3.8, 4) is 0 Å². The van der Waals surface area contributed by atoms with Gasteiger partial charge in [-0.15, -0.1) is 0 Å². The van der Waals surface area contributed by atoms with Crippen LogP contribution in [0.5, 0.6) is 0 Å². The maximum Gasteiger partial charge on any atom is 0.263 e. The summed E-state index contributed by atoms with van der Waals surface area (Å²) in [6, 6.07) is 7.89. The zero-order valence-corrected chi connectivity index (χ0v) is 17.4. The van der Waals surface area contributed by atoms with Gasteiger partial charge in [0.2, 0.25) is 0 Å². The zero-order chi connectivity index (χ0) is 18.7. The highest BCUT2D eigenvalue weighted by Gasteiger charge is 2.75. The predicted octanol–water partition coefficient (Wildman–Crippen LogP) is 0.115. The number of carbonyl (C=O) groups is 2. The molecule has 3 heterocycles. The van der Waals surface area contributed by atoms with E-state index in [1.807, 2.05) is 30.5 Å². The van der Waals surface area contributed by atoms with Crippen LogP contribution in [0, 0.1) is 0 Å². The molecule has 2 N–H and O–H groups in total. The van der Waals surface area contributed by atoms with Crippen LogP contribution in [0.1, 0.15) is 5.56 Å². The molecule has 10 heteroatoms. The van der Waals surface area contributed by atoms with Gasteiger partial charge in [-0.3, -0.25) is 9.59 Å². The molecule has 2 aliphatic rings. The van der Waals surface area contributed by atoms with Crippen molar-refractivity contribution in [2.24, 2.45) is 0 Å². The highest BCUT2D eigenvalue weighted by molar-refractivity contribution is 8.59. The van der Waals surface area contributed by atoms with E-state index in [1.165, 1.54) is 18.7 Å². The van der Waals surface area contributed by atoms with Gasteiger partial charge in [-0.1, -0.05) is 18.2 Å². The van der Waals surface area contributed by atoms with Crippen molar-refractivity contribution < 1.29 is 14.7 Å². The number of amides is 2. The number of benzene rings is 1. The van der Waals surface area contributed by atoms with E-state index in [0.29, 0.717) is 6.42 Å². The third kappa shape index (κ3) is 1.96. The van der Waals surface area contributed by atoms with Crippen molar-refractivity contribution in [1.82, 2.24) is 14.8 Å². The van der Waals surface area contributed by atoms with Gasteiger partial charge in [-0.2, -0.15) is 0 Å². The van der Waals surface area contributed by atoms with E-state index in [-0.39, 0.29) is 11.8 Å². The molecule has 0 radical (unpaired) electrons. The molecule has 1 unspecified atom stereocenters. The van der Waals surface area contributed by atoms with E-state index in [2.05, 4.69) is 4.98 Å². The van der Waals surface area contributed by atoms with Crippen LogP contribution in [0.25, 0.3) is 10.9 Å². The number of hydrogen-bond donors (Lipinski definition) is 2. The van der Waals surface area contributed by atoms with E-state index >= 15 is 0 Å². The summed E-state index contributed by atoms with van der Waals surface area (Å²) in [4.78, 5) is 30.3. The van der Waals surface area contributed by atoms with Crippen LogP contribution in [-0.2, 0) is 54.4 Å². The number of para-hydroxylation sites is 1. The van der Waals surface area contributed by atoms with Gasteiger partial charge in [0, 0.05) is 37.6 Å². The average Bonchev–Trinajstić information content (AvgIpc) is 3.19. The number of piperazine rings is 1. The van der Waals surface area contributed by atoms with Crippen LogP contribution in [0.15, 0.2) is 30.5 Å². The van der Waals surface area contributed by atoms with E-state index in [4.69, 9.17) is 11.2 Å². The number of aliphatic hydroxyl groups excluding tert-OH is 1. The molecule has 2 bridgehead atoms. The van der Waals surface area contributed by atoms with Crippen molar-refractivity contribution in [2.45, 2.75) is 16.2 Å². The van der Waals surface area contributed by atoms with Crippen LogP contribution in [0.2, 0.25) is 0 Å². The molecule has 2 fully saturated rings. The third-order valence-electron chi connectivity index (χ3n) is 5.39. The largest absolute Gasteiger partial charge is 0.392 e. The number of nitrogens with one attached hydrogen (secondary N) is 1. The van der Waals surface area contributed by atoms with Gasteiger partial charge in [0.05, 0.1) is 6.61 Å². The Morgan fingerprint density at radius 3 is 2.54 bits per heavy atom. The minimum Gasteiger partial charge on any atom is -0.392 e. The Morgan fingerprint density at radius 2 is 1.85 bits per heavy atom. The Labute approximate surface area is 163 Å². The Kier molecular flexibility index (Phi) is 4.23. The summed E-state index contributed by atoms with van der Waals surface area (Å²) < 4.78 is 0. The van der Waals surface area contributed by atoms with Gasteiger partial charge < -0.3 is 19.9 Å². The second kappa shape index (κ2) is 6.10. The molecule has 3 atom stereocenters. The number of H-pyrrole nitrogens is 1. The van der Waals surface area contributed by atoms with Crippen molar-refractivity contribution >= 4 is 61.1 Å². The normalized spacial score (nSPS) is 30.5. The predicted molar refractivity (Wildman–Crippen MR) is 110 cm³/mol. The molecule has 6 nitrogen and oxygen atoms in total. The lowest BCUT2D eigenvalue weighted by Crippen LogP contribution is -2.64. The Hall–Kier alpha value is -1.33. The standard InChI is InChI=1S/C16H17N3O3S4/c1-18-14(22)16(9-20)19(2)13(21)15(18,26(16)25-24-23)7-10-8-17-12-6-4-3-5-11(10)12/h3-6,8,17,20H,7,9H2,1-2H3/t15-,16-,26?/m0/s1. The maximum atomic E-state index is 13.3. The van der Waals surface area contributed by atoms with Crippen molar-refractivity contribution in [2.75, 3.05) is 20.7 Å². The average molecular weight is 428 g/mol. The number of nitrogens with zero attached hydrogens (tertiary/aromatic N) is 2. The van der Waals surface area contributed by atoms with Crippen LogP contribution in [0.4, 0.5) is 0 Å². The fourth-order valence-corrected chi connectivity index (χ4v) is 12.8. The smallest absolute Gasteiger partial charge is 0.263 e. The summed E-state index contributed by atoms with van der Waals surface area (Å²) in [6.45, 7) is -0.403. The first-order chi connectivity index (χ1) is 12.4. The molecule has 2 aliphatic heterocycles. The monoisotopic (exact) mass is 427 g/mol. The number of hydrogen-bond acceptors (Lipinski definition) is 4. The lowest BCUT2D eigenvalue weighted by atomic mass is 9.98. The van der Waals surface area contributed by atoms with Crippen LogP contribution in [-0.4, -0.2) is 62.1 Å². The Bertz CT molecular complexity index is 1060. The quantitative estimate of drug-likeness (QED) is 0.729. The van der Waals surface area contributed by atoms with E-state index in [1.54, 1.807) is 14.1 Å². The highest BCUT2D eigenvalue weighted by Crippen LogP contribution is 2.50. The molecule has 2 amide bonds. The number of aromatic amines is 1. The fourth-order valence-electron chi connectivity index (χ4n) is 3.99. The summed E-state index contributed by atoms with van der Waals surface area (Å²) in [7, 11) is 4.93. The molecule has 2 aromatic rings. The first-order valence-corrected chi connectivity index (χ1v) is 12.7. The number of rotatable bonds is 3. The SMILES string of the molecule is CN1C(=O)[C@@]2(Cc3c[nH]c4ccccc34)N(C)C(=O)[C@]1(CO)S2=S=S=S. The van der Waals surface area contributed by atoms with Gasteiger partial charge in [0.25, 0.3) is 11.8 Å². The third-order valence-corrected chi connectivity index (χ3v) is 13.4. The van der Waals surface area contributed by atoms with Crippen molar-refractivity contribution in [3.63, 3.8) is 0 Å². The van der Waals surface area contributed by atoms with Crippen molar-refractivity contribution in [3.05, 3.63) is 36.0 Å². The molecule has 4 rings (SSSR count). The van der Waals surface area contributed by atoms with Crippen LogP contribution >= 0.6 is 0 Å². The molecule has 0 saturated carbocycles. The summed E-state index contributed by atoms with van der Waals surface area (Å²) >= 11 is 5.09. The Morgan fingerprint density at radius 1 is 1.19 bits per heavy atom. The zero-order valence-electron chi connectivity index (χ0n) is 14.1. The van der Waals surface area contributed by atoms with Crippen molar-refractivity contribution in [1.29, 1.82) is 0 Å². The van der Waals surface area contributed by atoms with Gasteiger partial charge in [0.1, 0.15) is 0 Å². The highest BCUT2D eigenvalue weighted by atomic mass is 33.2. The molecule has 0 spiro atoms. The molecule has 2 saturated heterocycles. The maximum absolute atomic E-state index is 13.3. The molecule has 26 heavy (non-hydrogen) atoms. The fraction of sp³-hybridized carbons (Fsp3) is 0.375. The molecule has 1 aromatic carbocycles. The van der Waals surface area contributed by atoms with E-state index < -0.39 is 25.8 Å². The van der Waals surface area contributed by atoms with E-state index in [9.17, 15) is 14.7 Å². The van der Waals surface area contributed by atoms with Gasteiger partial charge in [-0.05, 0) is 50.0 Å². The Balaban J connectivity index is 1.98. The van der Waals surface area contributed by atoms with E-state index in [0.717, 1.165) is 25.3 Å². The molecule has 138 valence electrons. The summed E-state index contributed by atoms with van der Waals surface area (Å²) in [5.41, 5.74) is 1.97. The second-order valence-corrected chi connectivity index (χ2v) is 12.8. The lowest BCUT2D eigenvalue weighted by Gasteiger charge is -2.38. The van der Waals surface area contributed by atoms with Crippen LogP contribution in [0.3, 0.4) is 0 Å². The first kappa shape index (κ1) is 18.1. The summed E-state index contributed by atoms with van der Waals surface area (Å²) in [6.07, 6.45) is 2.28. The minimum atomic E-state index is -1.23. The molecular formula is C16H17N3O3S4. The lowest BCUT2D eigenvalue weighted by molar-refractivity contribution is -0.160. The minimum absolute atomic E-state index is 0.140. The summed E-state index contributed by atoms with van der Waals surface area (Å²) in [5.74, 6) is -0.361. The number of likely N-dealkylation sites (N-methyl/N-ethyl adjacent to an activating group) is 2. The van der Waals surface area contributed by atoms with Gasteiger partial charge >= 0.3 is 0 Å². The molecule has 0 aliphatic carbocycles.